The van der Waals surface area contributed by atoms with Gasteiger partial charge in [-0.15, -0.1) is 0 Å². The van der Waals surface area contributed by atoms with Crippen molar-refractivity contribution in [1.82, 2.24) is 12.1 Å². The van der Waals surface area contributed by atoms with Crippen LogP contribution >= 0.6 is 0 Å². The number of carbonyl (C=O) groups is 2. The van der Waals surface area contributed by atoms with Crippen molar-refractivity contribution in [1.29, 1.82) is 0 Å². The molecule has 21 heavy (non-hydrogen) atoms. The van der Waals surface area contributed by atoms with Gasteiger partial charge in [0.2, 0.25) is 0 Å². The van der Waals surface area contributed by atoms with Crippen molar-refractivity contribution in [3.8, 4) is 0 Å². The third-order valence-electron chi connectivity index (χ3n) is 2.55. The molecule has 0 aliphatic carbocycles. The molecule has 1 aliphatic rings. The number of hydrazine groups is 1. The molecule has 0 amide bonds. The Morgan fingerprint density at radius 2 is 2.33 bits per heavy atom. The summed E-state index contributed by atoms with van der Waals surface area (Å²) in [5, 5.41) is 22.1. The van der Waals surface area contributed by atoms with Crippen molar-refractivity contribution in [2.45, 2.75) is 39.0 Å². The van der Waals surface area contributed by atoms with E-state index in [0.29, 0.717) is 22.8 Å². The van der Waals surface area contributed by atoms with Crippen LogP contribution in [-0.4, -0.2) is 51.1 Å². The molecule has 1 saturated heterocycles. The molecule has 2 N–H and O–H groups in total. The number of nitrogens with one attached hydrogen (secondary N) is 1. The summed E-state index contributed by atoms with van der Waals surface area (Å²) >= 11 is -1.34. The van der Waals surface area contributed by atoms with Crippen molar-refractivity contribution in [3.05, 3.63) is 5.21 Å². The first kappa shape index (κ1) is 18.3. The summed E-state index contributed by atoms with van der Waals surface area (Å²) in [6.45, 7) is 3.68. The number of carboxylic acid groups (broad SMARTS) is 1. The summed E-state index contributed by atoms with van der Waals surface area (Å²) < 4.78 is 12.3. The second-order valence-corrected chi connectivity index (χ2v) is 5.78. The van der Waals surface area contributed by atoms with Gasteiger partial charge in [0.05, 0.1) is 0 Å². The predicted molar refractivity (Wildman–Crippen MR) is 64.4 cm³/mol. The van der Waals surface area contributed by atoms with Crippen LogP contribution in [0.15, 0.2) is 0 Å². The third-order valence-corrected chi connectivity index (χ3v) is 3.97. The van der Waals surface area contributed by atoms with Gasteiger partial charge in [0.15, 0.2) is 0 Å². The first-order chi connectivity index (χ1) is 9.95. The molecule has 1 aliphatic heterocycles. The quantitative estimate of drug-likeness (QED) is 0.140. The molecule has 0 aromatic carbocycles. The Kier molecular flexibility index (Phi) is 8.13. The van der Waals surface area contributed by atoms with Gasteiger partial charge in [0, 0.05) is 0 Å². The Bertz CT molecular complexity index is 360. The van der Waals surface area contributed by atoms with Crippen LogP contribution in [0.5, 0.6) is 0 Å². The Morgan fingerprint density at radius 3 is 2.95 bits per heavy atom. The topological polar surface area (TPSA) is 124 Å². The van der Waals surface area contributed by atoms with Gasteiger partial charge in [-0.1, -0.05) is 0 Å². The fourth-order valence-corrected chi connectivity index (χ4v) is 3.10. The van der Waals surface area contributed by atoms with Crippen molar-refractivity contribution in [3.63, 3.8) is 0 Å². The molecule has 10 nitrogen and oxygen atoms in total. The van der Waals surface area contributed by atoms with E-state index in [2.05, 4.69) is 8.43 Å². The van der Waals surface area contributed by atoms with Gasteiger partial charge in [-0.05, 0) is 0 Å². The predicted octanol–water partition coefficient (Wildman–Crippen LogP) is -2.79. The molecule has 2 atom stereocenters. The molecule has 0 bridgehead atoms. The number of carbonyl (C=O) groups excluding carboxylic acids is 1. The number of ether oxygens (including phenoxy) is 2. The maximum atomic E-state index is 11.8. The summed E-state index contributed by atoms with van der Waals surface area (Å²) in [6.07, 6.45) is -0.690. The molecule has 11 heteroatoms. The maximum absolute atomic E-state index is 11.8. The van der Waals surface area contributed by atoms with E-state index in [9.17, 15) is 14.8 Å². The van der Waals surface area contributed by atoms with Crippen LogP contribution in [0.25, 0.3) is 0 Å². The first-order valence-electron chi connectivity index (χ1n) is 6.30. The molecule has 1 heterocycles. The Hall–Kier alpha value is -0.730. The third kappa shape index (κ3) is 6.27. The summed E-state index contributed by atoms with van der Waals surface area (Å²) in [6, 6.07) is -0.794. The number of hydrogen-bond donors (Lipinski definition) is 2. The van der Waals surface area contributed by atoms with Crippen LogP contribution in [0.3, 0.4) is 0 Å². The molecule has 0 saturated carbocycles. The minimum atomic E-state index is -1.34. The summed E-state index contributed by atoms with van der Waals surface area (Å²) in [7, 11) is 0. The van der Waals surface area contributed by atoms with E-state index in [1.54, 1.807) is 6.92 Å². The summed E-state index contributed by atoms with van der Waals surface area (Å²) in [5.41, 5.74) is 0. The number of aliphatic carboxylic acids is 1. The van der Waals surface area contributed by atoms with Gasteiger partial charge in [0.1, 0.15) is 0 Å². The van der Waals surface area contributed by atoms with E-state index in [1.165, 1.54) is 11.9 Å². The van der Waals surface area contributed by atoms with Gasteiger partial charge in [-0.25, -0.2) is 0 Å². The van der Waals surface area contributed by atoms with Gasteiger partial charge < -0.3 is 0 Å². The minimum absolute atomic E-state index is 0.186. The van der Waals surface area contributed by atoms with Gasteiger partial charge in [-0.2, -0.15) is 0 Å². The van der Waals surface area contributed by atoms with E-state index in [-0.39, 0.29) is 6.61 Å². The molecule has 0 radical (unpaired) electrons. The average Bonchev–Trinajstić information content (AvgIpc) is 2.88. The fourth-order valence-electron chi connectivity index (χ4n) is 1.66. The molecular formula is C10H18IN3O7-2. The number of nitrogens with zero attached hydrogens (tertiary/aromatic N) is 2. The number of carboxylic acids is 1. The summed E-state index contributed by atoms with van der Waals surface area (Å²) in [5.74, 6) is -1.02. The average molecular weight is 419 g/mol. The SMILES string of the molecule is CCOC(=O)OC(C)ON[I-]N([O-])N1CCC[C@H]1C(=O)O. The van der Waals surface area contributed by atoms with E-state index in [4.69, 9.17) is 14.7 Å². The molecule has 1 rings (SSSR count). The van der Waals surface area contributed by atoms with E-state index >= 15 is 0 Å². The van der Waals surface area contributed by atoms with E-state index in [1.807, 2.05) is 0 Å². The standard InChI is InChI=1S/C10H18IN3O7/c1-3-19-10(17)20-7(2)21-12-11-14(18)13-6-4-5-8(13)9(15)16/h7-8,12H,3-6H2,1-2H3,(H,15,16)/q-2/t7?,8-/m0/s1. The number of rotatable bonds is 8. The van der Waals surface area contributed by atoms with Crippen LogP contribution in [-0.2, 0) is 19.1 Å². The Labute approximate surface area is 132 Å². The normalized spacial score (nSPS) is 20.7. The Morgan fingerprint density at radius 1 is 1.62 bits per heavy atom. The first-order valence-corrected chi connectivity index (χ1v) is 8.34. The zero-order valence-corrected chi connectivity index (χ0v) is 13.8. The van der Waals surface area contributed by atoms with Crippen molar-refractivity contribution < 1.29 is 50.8 Å². The van der Waals surface area contributed by atoms with Crippen LogP contribution in [0.4, 0.5) is 4.79 Å². The van der Waals surface area contributed by atoms with Gasteiger partial charge in [0.25, 0.3) is 0 Å². The van der Waals surface area contributed by atoms with Crippen LogP contribution in [0.2, 0.25) is 0 Å². The Balaban J connectivity index is 2.25. The number of hydrogen-bond acceptors (Lipinski definition) is 9. The molecule has 0 aromatic heterocycles. The molecule has 1 fully saturated rings. The molecule has 0 aromatic rings. The van der Waals surface area contributed by atoms with Crippen LogP contribution < -0.4 is 25.4 Å². The van der Waals surface area contributed by atoms with Crippen LogP contribution in [0.1, 0.15) is 26.7 Å². The van der Waals surface area contributed by atoms with Gasteiger partial charge >= 0.3 is 132 Å². The molecule has 1 unspecified atom stereocenters. The zero-order chi connectivity index (χ0) is 15.8. The molecule has 0 spiro atoms. The van der Waals surface area contributed by atoms with Crippen molar-refractivity contribution in [2.75, 3.05) is 13.2 Å². The van der Waals surface area contributed by atoms with E-state index in [0.717, 1.165) is 0 Å². The molecular weight excluding hydrogens is 401 g/mol. The number of halogens is 1. The van der Waals surface area contributed by atoms with E-state index < -0.39 is 46.2 Å². The van der Waals surface area contributed by atoms with Crippen molar-refractivity contribution in [2.24, 2.45) is 0 Å². The second kappa shape index (κ2) is 9.32. The zero-order valence-electron chi connectivity index (χ0n) is 11.7. The van der Waals surface area contributed by atoms with Crippen LogP contribution in [0, 0.1) is 5.21 Å². The van der Waals surface area contributed by atoms with Crippen molar-refractivity contribution >= 4 is 12.1 Å². The van der Waals surface area contributed by atoms with Gasteiger partial charge in [-0.3, -0.25) is 0 Å². The summed E-state index contributed by atoms with van der Waals surface area (Å²) in [4.78, 5) is 26.9. The second-order valence-electron chi connectivity index (χ2n) is 4.03. The monoisotopic (exact) mass is 419 g/mol. The molecule has 124 valence electrons. The fraction of sp³-hybridized carbons (Fsp3) is 0.800.